The van der Waals surface area contributed by atoms with Gasteiger partial charge < -0.3 is 9.84 Å². The van der Waals surface area contributed by atoms with Gasteiger partial charge in [0.2, 0.25) is 11.8 Å². The van der Waals surface area contributed by atoms with Gasteiger partial charge in [0.05, 0.1) is 24.5 Å². The van der Waals surface area contributed by atoms with Crippen molar-refractivity contribution in [2.75, 3.05) is 13.7 Å². The summed E-state index contributed by atoms with van der Waals surface area (Å²) in [5, 5.41) is 9.88. The Morgan fingerprint density at radius 3 is 2.64 bits per heavy atom. The van der Waals surface area contributed by atoms with Crippen LogP contribution in [0.25, 0.3) is 11.6 Å². The summed E-state index contributed by atoms with van der Waals surface area (Å²) in [6.07, 6.45) is 4.33. The largest absolute Gasteiger partial charge is 0.508 e. The minimum Gasteiger partial charge on any atom is -0.508 e. The number of carbonyl (C=O) groups excluding carboxylic acids is 2. The predicted octanol–water partition coefficient (Wildman–Crippen LogP) is 4.68. The number of rotatable bonds is 5. The standard InChI is InChI=1S/C28H29NO4/c1-17-13-22-26(28(32)29(2)27(22)31)23-16-33-24(25(17)23)12-11-20(19-8-4-3-5-9-19)14-18-7-6-10-21(30)15-18/h3-10,14-15,22-24,26,30H,11-13,16H2,1-2H3/b20-14-/t22-,23+,24-,26-/m1/s1. The lowest BCUT2D eigenvalue weighted by Crippen LogP contribution is -2.33. The normalized spacial score (nSPS) is 27.2. The summed E-state index contributed by atoms with van der Waals surface area (Å²) >= 11 is 0. The summed E-state index contributed by atoms with van der Waals surface area (Å²) in [4.78, 5) is 26.6. The molecular formula is C28H29NO4. The second-order valence-electron chi connectivity index (χ2n) is 9.41. The zero-order chi connectivity index (χ0) is 23.1. The van der Waals surface area contributed by atoms with Crippen LogP contribution in [0.2, 0.25) is 0 Å². The molecule has 1 N–H and O–H groups in total. The summed E-state index contributed by atoms with van der Waals surface area (Å²) in [7, 11) is 1.60. The van der Waals surface area contributed by atoms with Crippen LogP contribution in [0.1, 0.15) is 37.3 Å². The van der Waals surface area contributed by atoms with E-state index in [1.807, 2.05) is 30.3 Å². The van der Waals surface area contributed by atoms with Gasteiger partial charge in [-0.15, -0.1) is 0 Å². The second-order valence-corrected chi connectivity index (χ2v) is 9.41. The van der Waals surface area contributed by atoms with Crippen LogP contribution in [-0.4, -0.2) is 41.6 Å². The van der Waals surface area contributed by atoms with Crippen LogP contribution in [0.3, 0.4) is 0 Å². The van der Waals surface area contributed by atoms with Crippen LogP contribution in [0.4, 0.5) is 0 Å². The highest BCUT2D eigenvalue weighted by atomic mass is 16.5. The molecule has 3 aliphatic rings. The molecule has 2 fully saturated rings. The van der Waals surface area contributed by atoms with Crippen LogP contribution < -0.4 is 0 Å². The van der Waals surface area contributed by atoms with Crippen molar-refractivity contribution in [2.45, 2.75) is 32.3 Å². The monoisotopic (exact) mass is 443 g/mol. The fraction of sp³-hybridized carbons (Fsp3) is 0.357. The predicted molar refractivity (Wildman–Crippen MR) is 127 cm³/mol. The Kier molecular flexibility index (Phi) is 5.67. The van der Waals surface area contributed by atoms with Crippen LogP contribution in [0, 0.1) is 17.8 Å². The zero-order valence-corrected chi connectivity index (χ0v) is 19.0. The number of benzene rings is 2. The molecule has 2 aromatic rings. The molecule has 0 bridgehead atoms. The molecule has 0 saturated carbocycles. The molecule has 0 radical (unpaired) electrons. The molecule has 5 heteroatoms. The van der Waals surface area contributed by atoms with E-state index in [9.17, 15) is 14.7 Å². The van der Waals surface area contributed by atoms with E-state index in [0.29, 0.717) is 13.0 Å². The van der Waals surface area contributed by atoms with Gasteiger partial charge in [-0.05, 0) is 60.6 Å². The average molecular weight is 444 g/mol. The van der Waals surface area contributed by atoms with E-state index in [0.717, 1.165) is 24.0 Å². The van der Waals surface area contributed by atoms with Gasteiger partial charge in [-0.2, -0.15) is 0 Å². The van der Waals surface area contributed by atoms with Gasteiger partial charge in [-0.1, -0.05) is 54.1 Å². The van der Waals surface area contributed by atoms with Crippen LogP contribution in [-0.2, 0) is 14.3 Å². The summed E-state index contributed by atoms with van der Waals surface area (Å²) in [6.45, 7) is 2.60. The lowest BCUT2D eigenvalue weighted by atomic mass is 9.70. The van der Waals surface area contributed by atoms with Crippen molar-refractivity contribution in [3.8, 4) is 5.75 Å². The van der Waals surface area contributed by atoms with Crippen molar-refractivity contribution in [1.82, 2.24) is 4.90 Å². The van der Waals surface area contributed by atoms with Crippen molar-refractivity contribution >= 4 is 23.5 Å². The number of ether oxygens (including phenoxy) is 1. The highest BCUT2D eigenvalue weighted by Crippen LogP contribution is 2.49. The van der Waals surface area contributed by atoms with Crippen molar-refractivity contribution in [3.63, 3.8) is 0 Å². The molecule has 1 aliphatic carbocycles. The van der Waals surface area contributed by atoms with Crippen LogP contribution in [0.15, 0.2) is 65.7 Å². The first-order valence-electron chi connectivity index (χ1n) is 11.6. The Hall–Kier alpha value is -3.18. The van der Waals surface area contributed by atoms with Gasteiger partial charge in [0.15, 0.2) is 0 Å². The molecule has 2 heterocycles. The molecule has 170 valence electrons. The first kappa shape index (κ1) is 21.7. The maximum absolute atomic E-state index is 12.8. The number of aromatic hydroxyl groups is 1. The van der Waals surface area contributed by atoms with Gasteiger partial charge in [-0.25, -0.2) is 0 Å². The maximum Gasteiger partial charge on any atom is 0.233 e. The lowest BCUT2D eigenvalue weighted by molar-refractivity contribution is -0.138. The molecule has 4 atom stereocenters. The van der Waals surface area contributed by atoms with Gasteiger partial charge in [0.1, 0.15) is 5.75 Å². The zero-order valence-electron chi connectivity index (χ0n) is 19.0. The molecule has 2 aromatic carbocycles. The number of allylic oxidation sites excluding steroid dienone is 2. The quantitative estimate of drug-likeness (QED) is 0.414. The fourth-order valence-electron chi connectivity index (χ4n) is 5.84. The number of imide groups is 1. The molecule has 5 nitrogen and oxygen atoms in total. The number of hydrogen-bond donors (Lipinski definition) is 1. The fourth-order valence-corrected chi connectivity index (χ4v) is 5.84. The van der Waals surface area contributed by atoms with Crippen molar-refractivity contribution in [3.05, 3.63) is 76.9 Å². The third-order valence-electron chi connectivity index (χ3n) is 7.40. The maximum atomic E-state index is 12.8. The Labute approximate surface area is 194 Å². The Bertz CT molecular complexity index is 1150. The highest BCUT2D eigenvalue weighted by Gasteiger charge is 2.55. The van der Waals surface area contributed by atoms with Gasteiger partial charge in [0.25, 0.3) is 0 Å². The van der Waals surface area contributed by atoms with E-state index in [4.69, 9.17) is 4.74 Å². The number of likely N-dealkylation sites (tertiary alicyclic amines) is 1. The topological polar surface area (TPSA) is 66.8 Å². The Balaban J connectivity index is 1.40. The average Bonchev–Trinajstić information content (AvgIpc) is 3.33. The van der Waals surface area contributed by atoms with E-state index in [1.54, 1.807) is 19.2 Å². The first-order valence-corrected chi connectivity index (χ1v) is 11.6. The van der Waals surface area contributed by atoms with Crippen molar-refractivity contribution in [2.24, 2.45) is 17.8 Å². The summed E-state index contributed by atoms with van der Waals surface area (Å²) < 4.78 is 6.25. The summed E-state index contributed by atoms with van der Waals surface area (Å²) in [6, 6.07) is 17.5. The van der Waals surface area contributed by atoms with E-state index in [1.165, 1.54) is 21.6 Å². The molecule has 33 heavy (non-hydrogen) atoms. The van der Waals surface area contributed by atoms with Gasteiger partial charge >= 0.3 is 0 Å². The summed E-state index contributed by atoms with van der Waals surface area (Å²) in [5.41, 5.74) is 5.71. The van der Waals surface area contributed by atoms with E-state index < -0.39 is 0 Å². The first-order chi connectivity index (χ1) is 15.9. The van der Waals surface area contributed by atoms with Crippen LogP contribution in [0.5, 0.6) is 5.75 Å². The minimum absolute atomic E-state index is 0.00498. The molecule has 2 saturated heterocycles. The number of hydrogen-bond acceptors (Lipinski definition) is 4. The highest BCUT2D eigenvalue weighted by molar-refractivity contribution is 6.05. The van der Waals surface area contributed by atoms with Crippen molar-refractivity contribution < 1.29 is 19.4 Å². The molecular weight excluding hydrogens is 414 g/mol. The number of carbonyl (C=O) groups is 2. The van der Waals surface area contributed by atoms with E-state index in [-0.39, 0.29) is 41.4 Å². The third kappa shape index (κ3) is 3.91. The van der Waals surface area contributed by atoms with Crippen molar-refractivity contribution in [1.29, 1.82) is 0 Å². The molecule has 2 aliphatic heterocycles. The Morgan fingerprint density at radius 2 is 1.88 bits per heavy atom. The molecule has 0 aromatic heterocycles. The number of amides is 2. The molecule has 5 rings (SSSR count). The number of nitrogens with zero attached hydrogens (tertiary/aromatic N) is 1. The molecule has 2 amide bonds. The third-order valence-corrected chi connectivity index (χ3v) is 7.40. The van der Waals surface area contributed by atoms with Gasteiger partial charge in [-0.3, -0.25) is 14.5 Å². The van der Waals surface area contributed by atoms with E-state index >= 15 is 0 Å². The lowest BCUT2D eigenvalue weighted by Gasteiger charge is -2.30. The summed E-state index contributed by atoms with van der Waals surface area (Å²) in [5.74, 6) is -0.362. The van der Waals surface area contributed by atoms with Crippen LogP contribution >= 0.6 is 0 Å². The number of fused-ring (bicyclic) bond motifs is 3. The molecule has 0 spiro atoms. The SMILES string of the molecule is CC1=C2[C@@H](CC/C(=C/c3cccc(O)c3)c3ccccc3)OC[C@@H]2[C@@H]2C(=O)N(C)C(=O)[C@@H]2C1. The smallest absolute Gasteiger partial charge is 0.233 e. The number of phenols is 1. The van der Waals surface area contributed by atoms with E-state index in [2.05, 4.69) is 25.1 Å². The molecule has 0 unspecified atom stereocenters. The minimum atomic E-state index is -0.275. The second kappa shape index (κ2) is 8.64. The number of phenolic OH excluding ortho intramolecular Hbond substituents is 1. The Morgan fingerprint density at radius 1 is 1.09 bits per heavy atom. The van der Waals surface area contributed by atoms with Gasteiger partial charge in [0, 0.05) is 13.0 Å².